The first kappa shape index (κ1) is 18.0. The van der Waals surface area contributed by atoms with Gasteiger partial charge in [-0.25, -0.2) is 4.79 Å². The lowest BCUT2D eigenvalue weighted by molar-refractivity contribution is -0.128. The summed E-state index contributed by atoms with van der Waals surface area (Å²) in [5, 5.41) is 2.88. The minimum atomic E-state index is -0.235. The molecular formula is C21H22N4O3. The maximum atomic E-state index is 12.6. The number of carbonyl (C=O) groups excluding carboxylic acids is 2. The molecule has 4 rings (SSSR count). The molecule has 0 atom stereocenters. The van der Waals surface area contributed by atoms with Crippen molar-refractivity contribution in [3.8, 4) is 0 Å². The molecule has 7 heteroatoms. The number of benzene rings is 2. The van der Waals surface area contributed by atoms with E-state index in [4.69, 9.17) is 0 Å². The first-order chi connectivity index (χ1) is 13.5. The monoisotopic (exact) mass is 378 g/mol. The van der Waals surface area contributed by atoms with Crippen LogP contribution in [0.3, 0.4) is 0 Å². The highest BCUT2D eigenvalue weighted by molar-refractivity contribution is 6.05. The molecule has 2 heterocycles. The number of H-pyrrole nitrogens is 1. The Morgan fingerprint density at radius 1 is 1.14 bits per heavy atom. The zero-order valence-electron chi connectivity index (χ0n) is 15.7. The summed E-state index contributed by atoms with van der Waals surface area (Å²) >= 11 is 0. The van der Waals surface area contributed by atoms with Gasteiger partial charge in [-0.1, -0.05) is 12.1 Å². The van der Waals surface area contributed by atoms with Crippen LogP contribution in [0.15, 0.2) is 47.3 Å². The molecule has 2 N–H and O–H groups in total. The fraction of sp³-hybridized carbons (Fsp3) is 0.286. The van der Waals surface area contributed by atoms with Gasteiger partial charge in [-0.05, 0) is 49.2 Å². The topological polar surface area (TPSA) is 87.2 Å². The van der Waals surface area contributed by atoms with E-state index in [0.717, 1.165) is 18.5 Å². The number of imidazole rings is 1. The maximum Gasteiger partial charge on any atom is 0.326 e. The minimum absolute atomic E-state index is 0.179. The molecule has 2 amide bonds. The molecule has 0 radical (unpaired) electrons. The van der Waals surface area contributed by atoms with Crippen LogP contribution in [0.1, 0.15) is 35.7 Å². The smallest absolute Gasteiger partial charge is 0.326 e. The van der Waals surface area contributed by atoms with Crippen LogP contribution in [0.4, 0.5) is 5.69 Å². The molecule has 1 aliphatic heterocycles. The molecule has 0 aliphatic carbocycles. The van der Waals surface area contributed by atoms with Crippen LogP contribution in [0.5, 0.6) is 0 Å². The van der Waals surface area contributed by atoms with Crippen LogP contribution in [0.2, 0.25) is 0 Å². The average Bonchev–Trinajstić information content (AvgIpc) is 3.24. The second kappa shape index (κ2) is 7.34. The Morgan fingerprint density at radius 3 is 2.61 bits per heavy atom. The number of anilines is 1. The van der Waals surface area contributed by atoms with E-state index in [0.29, 0.717) is 41.8 Å². The lowest BCUT2D eigenvalue weighted by atomic mass is 10.1. The number of likely N-dealkylation sites (tertiary alicyclic amines) is 1. The molecule has 1 aliphatic rings. The SMILES string of the molecule is CCn1c(=O)[nH]c2ccc(C(=O)Nc3ccc(CN4CCCC4=O)cc3)cc21. The Bertz CT molecular complexity index is 1100. The van der Waals surface area contributed by atoms with Gasteiger partial charge in [-0.15, -0.1) is 0 Å². The summed E-state index contributed by atoms with van der Waals surface area (Å²) in [7, 11) is 0. The third kappa shape index (κ3) is 3.43. The Labute approximate surface area is 162 Å². The highest BCUT2D eigenvalue weighted by Gasteiger charge is 2.19. The first-order valence-electron chi connectivity index (χ1n) is 9.46. The van der Waals surface area contributed by atoms with Crippen molar-refractivity contribution >= 4 is 28.5 Å². The largest absolute Gasteiger partial charge is 0.338 e. The minimum Gasteiger partial charge on any atom is -0.338 e. The number of amides is 2. The molecule has 2 aromatic carbocycles. The summed E-state index contributed by atoms with van der Waals surface area (Å²) in [6.45, 7) is 3.83. The van der Waals surface area contributed by atoms with Gasteiger partial charge in [0.1, 0.15) is 0 Å². The highest BCUT2D eigenvalue weighted by atomic mass is 16.2. The molecule has 28 heavy (non-hydrogen) atoms. The third-order valence-corrected chi connectivity index (χ3v) is 5.11. The van der Waals surface area contributed by atoms with Gasteiger partial charge in [0.25, 0.3) is 5.91 Å². The summed E-state index contributed by atoms with van der Waals surface area (Å²) in [4.78, 5) is 40.9. The van der Waals surface area contributed by atoms with Gasteiger partial charge in [0.2, 0.25) is 5.91 Å². The molecule has 3 aromatic rings. The summed E-state index contributed by atoms with van der Waals surface area (Å²) in [6, 6.07) is 12.7. The van der Waals surface area contributed by atoms with Crippen LogP contribution in [0.25, 0.3) is 11.0 Å². The van der Waals surface area contributed by atoms with Crippen molar-refractivity contribution in [2.24, 2.45) is 0 Å². The number of rotatable bonds is 5. The van der Waals surface area contributed by atoms with Gasteiger partial charge in [0.05, 0.1) is 11.0 Å². The van der Waals surface area contributed by atoms with E-state index in [-0.39, 0.29) is 17.5 Å². The molecule has 0 saturated carbocycles. The van der Waals surface area contributed by atoms with Crippen LogP contribution in [-0.2, 0) is 17.9 Å². The number of nitrogens with zero attached hydrogens (tertiary/aromatic N) is 2. The quantitative estimate of drug-likeness (QED) is 0.716. The number of aromatic nitrogens is 2. The molecule has 7 nitrogen and oxygen atoms in total. The van der Waals surface area contributed by atoms with Crippen molar-refractivity contribution in [1.82, 2.24) is 14.5 Å². The van der Waals surface area contributed by atoms with Crippen molar-refractivity contribution in [3.05, 3.63) is 64.1 Å². The van der Waals surface area contributed by atoms with E-state index in [1.165, 1.54) is 0 Å². The van der Waals surface area contributed by atoms with E-state index in [1.807, 2.05) is 36.1 Å². The van der Waals surface area contributed by atoms with Gasteiger partial charge in [0.15, 0.2) is 0 Å². The number of fused-ring (bicyclic) bond motifs is 1. The summed E-state index contributed by atoms with van der Waals surface area (Å²) < 4.78 is 1.60. The number of nitrogens with one attached hydrogen (secondary N) is 2. The molecule has 1 fully saturated rings. The molecule has 1 saturated heterocycles. The Kier molecular flexibility index (Phi) is 4.73. The summed E-state index contributed by atoms with van der Waals surface area (Å²) in [5.41, 5.74) is 3.45. The number of hydrogen-bond acceptors (Lipinski definition) is 3. The van der Waals surface area contributed by atoms with Crippen molar-refractivity contribution in [1.29, 1.82) is 0 Å². The molecule has 0 unspecified atom stereocenters. The molecule has 1 aromatic heterocycles. The predicted octanol–water partition coefficient (Wildman–Crippen LogP) is 2.72. The zero-order chi connectivity index (χ0) is 19.7. The first-order valence-corrected chi connectivity index (χ1v) is 9.46. The van der Waals surface area contributed by atoms with E-state index >= 15 is 0 Å². The lowest BCUT2D eigenvalue weighted by Gasteiger charge is -2.15. The van der Waals surface area contributed by atoms with Crippen LogP contribution >= 0.6 is 0 Å². The normalized spacial score (nSPS) is 14.0. The molecule has 144 valence electrons. The van der Waals surface area contributed by atoms with Crippen molar-refractivity contribution in [3.63, 3.8) is 0 Å². The standard InChI is InChI=1S/C21H22N4O3/c1-2-25-18-12-15(7-10-17(18)23-21(25)28)20(27)22-16-8-5-14(6-9-16)13-24-11-3-4-19(24)26/h5-10,12H,2-4,11,13H2,1H3,(H,22,27)(H,23,28). The van der Waals surface area contributed by atoms with E-state index in [9.17, 15) is 14.4 Å². The zero-order valence-corrected chi connectivity index (χ0v) is 15.7. The van der Waals surface area contributed by atoms with Gasteiger partial charge in [-0.2, -0.15) is 0 Å². The van der Waals surface area contributed by atoms with Crippen LogP contribution in [-0.4, -0.2) is 32.8 Å². The van der Waals surface area contributed by atoms with Crippen molar-refractivity contribution in [2.75, 3.05) is 11.9 Å². The predicted molar refractivity (Wildman–Crippen MR) is 107 cm³/mol. The van der Waals surface area contributed by atoms with E-state index < -0.39 is 0 Å². The number of aryl methyl sites for hydroxylation is 1. The van der Waals surface area contributed by atoms with E-state index in [2.05, 4.69) is 10.3 Å². The number of hydrogen-bond donors (Lipinski definition) is 2. The third-order valence-electron chi connectivity index (χ3n) is 5.11. The molecule has 0 bridgehead atoms. The maximum absolute atomic E-state index is 12.6. The number of carbonyl (C=O) groups is 2. The van der Waals surface area contributed by atoms with Gasteiger partial charge >= 0.3 is 5.69 Å². The van der Waals surface area contributed by atoms with Gasteiger partial charge < -0.3 is 15.2 Å². The summed E-state index contributed by atoms with van der Waals surface area (Å²) in [6.07, 6.45) is 1.55. The van der Waals surface area contributed by atoms with E-state index in [1.54, 1.807) is 22.8 Å². The fourth-order valence-corrected chi connectivity index (χ4v) is 3.60. The highest BCUT2D eigenvalue weighted by Crippen LogP contribution is 2.18. The van der Waals surface area contributed by atoms with Crippen LogP contribution < -0.4 is 11.0 Å². The number of aromatic amines is 1. The Hall–Kier alpha value is -3.35. The lowest BCUT2D eigenvalue weighted by Crippen LogP contribution is -2.23. The second-order valence-electron chi connectivity index (χ2n) is 6.98. The van der Waals surface area contributed by atoms with Crippen molar-refractivity contribution in [2.45, 2.75) is 32.9 Å². The molecular weight excluding hydrogens is 356 g/mol. The van der Waals surface area contributed by atoms with Gasteiger partial charge in [-0.3, -0.25) is 14.2 Å². The molecule has 0 spiro atoms. The average molecular weight is 378 g/mol. The van der Waals surface area contributed by atoms with Crippen LogP contribution in [0, 0.1) is 0 Å². The Morgan fingerprint density at radius 2 is 1.93 bits per heavy atom. The second-order valence-corrected chi connectivity index (χ2v) is 6.98. The van der Waals surface area contributed by atoms with Crippen molar-refractivity contribution < 1.29 is 9.59 Å². The summed E-state index contributed by atoms with van der Waals surface area (Å²) in [5.74, 6) is -0.0382. The van der Waals surface area contributed by atoms with Gasteiger partial charge in [0, 0.05) is 37.3 Å². The Balaban J connectivity index is 1.48. The fourth-order valence-electron chi connectivity index (χ4n) is 3.60.